The average molecular weight is 443 g/mol. The largest absolute Gasteiger partial charge is 0.466 e. The molecule has 170 valence electrons. The number of primary amides is 1. The number of non-ortho nitro benzene ring substituents is 1. The fraction of sp³-hybridized carbons (Fsp3) is 0.318. The molecule has 0 aliphatic carbocycles. The van der Waals surface area contributed by atoms with Crippen molar-refractivity contribution in [1.29, 1.82) is 0 Å². The van der Waals surface area contributed by atoms with E-state index in [4.69, 9.17) is 15.2 Å². The summed E-state index contributed by atoms with van der Waals surface area (Å²) < 4.78 is 10.3. The van der Waals surface area contributed by atoms with Gasteiger partial charge in [-0.3, -0.25) is 24.5 Å². The highest BCUT2D eigenvalue weighted by Crippen LogP contribution is 2.27. The van der Waals surface area contributed by atoms with Crippen molar-refractivity contribution < 1.29 is 28.8 Å². The van der Waals surface area contributed by atoms with Gasteiger partial charge in [-0.15, -0.1) is 0 Å². The Balaban J connectivity index is 2.37. The molecule has 2 amide bonds. The predicted octanol–water partition coefficient (Wildman–Crippen LogP) is 1.99. The third-order valence-electron chi connectivity index (χ3n) is 4.81. The van der Waals surface area contributed by atoms with Crippen molar-refractivity contribution >= 4 is 23.5 Å². The van der Waals surface area contributed by atoms with Gasteiger partial charge in [0, 0.05) is 25.2 Å². The summed E-state index contributed by atoms with van der Waals surface area (Å²) >= 11 is 0. The van der Waals surface area contributed by atoms with Crippen LogP contribution in [-0.2, 0) is 23.9 Å². The molecule has 0 saturated heterocycles. The van der Waals surface area contributed by atoms with E-state index < -0.39 is 40.8 Å². The zero-order chi connectivity index (χ0) is 23.7. The van der Waals surface area contributed by atoms with Crippen LogP contribution in [0.4, 0.5) is 5.69 Å². The summed E-state index contributed by atoms with van der Waals surface area (Å²) in [6.07, 6.45) is -1.29. The highest BCUT2D eigenvalue weighted by atomic mass is 16.6. The van der Waals surface area contributed by atoms with E-state index in [-0.39, 0.29) is 18.7 Å². The maximum atomic E-state index is 12.9. The molecule has 2 aromatic rings. The second kappa shape index (κ2) is 11.6. The molecule has 0 bridgehead atoms. The van der Waals surface area contributed by atoms with Gasteiger partial charge in [0.15, 0.2) is 6.10 Å². The minimum atomic E-state index is -1.30. The summed E-state index contributed by atoms with van der Waals surface area (Å²) in [6.45, 7) is 1.76. The van der Waals surface area contributed by atoms with Gasteiger partial charge in [-0.25, -0.2) is 0 Å². The fourth-order valence-electron chi connectivity index (χ4n) is 3.29. The van der Waals surface area contributed by atoms with Gasteiger partial charge in [-0.1, -0.05) is 42.5 Å². The molecule has 32 heavy (non-hydrogen) atoms. The average Bonchev–Trinajstić information content (AvgIpc) is 2.77. The van der Waals surface area contributed by atoms with E-state index in [9.17, 15) is 24.5 Å². The number of benzene rings is 2. The Labute approximate surface area is 184 Å². The van der Waals surface area contributed by atoms with Crippen molar-refractivity contribution in [3.05, 3.63) is 75.8 Å². The van der Waals surface area contributed by atoms with Gasteiger partial charge in [0.25, 0.3) is 11.6 Å². The first-order chi connectivity index (χ1) is 15.3. The molecule has 0 saturated carbocycles. The molecule has 0 aliphatic heterocycles. The third kappa shape index (κ3) is 6.35. The van der Waals surface area contributed by atoms with Crippen LogP contribution in [0.3, 0.4) is 0 Å². The quantitative estimate of drug-likeness (QED) is 0.306. The number of esters is 1. The molecular weight excluding hydrogens is 418 g/mol. The van der Waals surface area contributed by atoms with E-state index in [0.29, 0.717) is 11.1 Å². The second-order valence-electron chi connectivity index (χ2n) is 6.88. The van der Waals surface area contributed by atoms with Crippen LogP contribution >= 0.6 is 0 Å². The Hall–Kier alpha value is -3.79. The van der Waals surface area contributed by atoms with Crippen molar-refractivity contribution in [3.8, 4) is 0 Å². The van der Waals surface area contributed by atoms with Crippen LogP contribution in [0.25, 0.3) is 0 Å². The third-order valence-corrected chi connectivity index (χ3v) is 4.81. The number of rotatable bonds is 11. The topological polar surface area (TPSA) is 151 Å². The summed E-state index contributed by atoms with van der Waals surface area (Å²) in [6, 6.07) is 12.7. The maximum absolute atomic E-state index is 12.9. The minimum Gasteiger partial charge on any atom is -0.466 e. The van der Waals surface area contributed by atoms with Crippen LogP contribution in [-0.4, -0.2) is 42.5 Å². The summed E-state index contributed by atoms with van der Waals surface area (Å²) in [5, 5.41) is 13.5. The summed E-state index contributed by atoms with van der Waals surface area (Å²) in [5.74, 6) is -3.03. The Morgan fingerprint density at radius 1 is 1.06 bits per heavy atom. The predicted molar refractivity (Wildman–Crippen MR) is 114 cm³/mol. The standard InChI is InChI=1S/C22H25N3O7/c1-3-32-18(26)13-17(14-9-11-16(12-10-14)25(29)30)19(21(23)27)24-22(28)20(31-2)15-7-5-4-6-8-15/h4-12,17,19-20H,3,13H2,1-2H3,(H2,23,27)(H,24,28)/t17-,19+,20-/m1/s1. The summed E-state index contributed by atoms with van der Waals surface area (Å²) in [5.41, 5.74) is 6.38. The van der Waals surface area contributed by atoms with Crippen molar-refractivity contribution in [3.63, 3.8) is 0 Å². The van der Waals surface area contributed by atoms with E-state index in [2.05, 4.69) is 5.32 Å². The maximum Gasteiger partial charge on any atom is 0.306 e. The van der Waals surface area contributed by atoms with Gasteiger partial charge < -0.3 is 20.5 Å². The fourth-order valence-corrected chi connectivity index (χ4v) is 3.29. The molecule has 0 aliphatic rings. The lowest BCUT2D eigenvalue weighted by Crippen LogP contribution is -2.50. The van der Waals surface area contributed by atoms with Gasteiger partial charge in [0.2, 0.25) is 5.91 Å². The first-order valence-corrected chi connectivity index (χ1v) is 9.85. The molecule has 0 spiro atoms. The van der Waals surface area contributed by atoms with E-state index in [1.54, 1.807) is 37.3 Å². The lowest BCUT2D eigenvalue weighted by molar-refractivity contribution is -0.384. The smallest absolute Gasteiger partial charge is 0.306 e. The van der Waals surface area contributed by atoms with Gasteiger partial charge in [-0.2, -0.15) is 0 Å². The number of ether oxygens (including phenoxy) is 2. The summed E-state index contributed by atoms with van der Waals surface area (Å²) in [7, 11) is 1.35. The van der Waals surface area contributed by atoms with Crippen LogP contribution in [0.15, 0.2) is 54.6 Å². The lowest BCUT2D eigenvalue weighted by Gasteiger charge is -2.27. The first kappa shape index (κ1) is 24.5. The molecule has 3 atom stereocenters. The number of hydrogen-bond donors (Lipinski definition) is 2. The Morgan fingerprint density at radius 2 is 1.69 bits per heavy atom. The highest BCUT2D eigenvalue weighted by molar-refractivity contribution is 5.90. The van der Waals surface area contributed by atoms with E-state index in [0.717, 1.165) is 0 Å². The van der Waals surface area contributed by atoms with Crippen LogP contribution in [0.5, 0.6) is 0 Å². The van der Waals surface area contributed by atoms with Gasteiger partial charge in [0.1, 0.15) is 6.04 Å². The van der Waals surface area contributed by atoms with E-state index in [1.807, 2.05) is 0 Å². The van der Waals surface area contributed by atoms with Crippen LogP contribution in [0.1, 0.15) is 36.5 Å². The molecule has 0 fully saturated rings. The number of hydrogen-bond acceptors (Lipinski definition) is 7. The monoisotopic (exact) mass is 443 g/mol. The molecular formula is C22H25N3O7. The molecule has 3 N–H and O–H groups in total. The number of amides is 2. The van der Waals surface area contributed by atoms with Gasteiger partial charge in [-0.05, 0) is 18.1 Å². The molecule has 2 aromatic carbocycles. The number of nitrogens with two attached hydrogens (primary N) is 1. The van der Waals surface area contributed by atoms with Gasteiger partial charge >= 0.3 is 5.97 Å². The van der Waals surface area contributed by atoms with Crippen molar-refractivity contribution in [2.24, 2.45) is 5.73 Å². The Bertz CT molecular complexity index is 948. The molecule has 10 heteroatoms. The zero-order valence-corrected chi connectivity index (χ0v) is 17.7. The number of nitrogens with zero attached hydrogens (tertiary/aromatic N) is 1. The molecule has 0 radical (unpaired) electrons. The number of nitro benzene ring substituents is 1. The normalized spacial score (nSPS) is 13.4. The number of carbonyl (C=O) groups excluding carboxylic acids is 3. The molecule has 0 unspecified atom stereocenters. The molecule has 10 nitrogen and oxygen atoms in total. The number of methoxy groups -OCH3 is 1. The van der Waals surface area contributed by atoms with Crippen LogP contribution < -0.4 is 11.1 Å². The highest BCUT2D eigenvalue weighted by Gasteiger charge is 2.34. The Morgan fingerprint density at radius 3 is 2.19 bits per heavy atom. The molecule has 2 rings (SSSR count). The van der Waals surface area contributed by atoms with Crippen LogP contribution in [0, 0.1) is 10.1 Å². The van der Waals surface area contributed by atoms with E-state index >= 15 is 0 Å². The first-order valence-electron chi connectivity index (χ1n) is 9.85. The van der Waals surface area contributed by atoms with Gasteiger partial charge in [0.05, 0.1) is 18.0 Å². The number of carbonyl (C=O) groups is 3. The number of nitro groups is 1. The molecule has 0 aromatic heterocycles. The SMILES string of the molecule is CCOC(=O)C[C@H](c1ccc([N+](=O)[O-])cc1)[C@H](NC(=O)[C@H](OC)c1ccccc1)C(N)=O. The summed E-state index contributed by atoms with van der Waals surface area (Å²) in [4.78, 5) is 47.8. The van der Waals surface area contributed by atoms with Crippen molar-refractivity contribution in [1.82, 2.24) is 5.32 Å². The van der Waals surface area contributed by atoms with E-state index in [1.165, 1.54) is 31.4 Å². The molecule has 0 heterocycles. The minimum absolute atomic E-state index is 0.124. The Kier molecular flexibility index (Phi) is 8.84. The lowest BCUT2D eigenvalue weighted by atomic mass is 9.87. The van der Waals surface area contributed by atoms with Crippen molar-refractivity contribution in [2.45, 2.75) is 31.4 Å². The number of nitrogens with one attached hydrogen (secondary N) is 1. The van der Waals surface area contributed by atoms with Crippen LogP contribution in [0.2, 0.25) is 0 Å². The second-order valence-corrected chi connectivity index (χ2v) is 6.88. The van der Waals surface area contributed by atoms with Crippen molar-refractivity contribution in [2.75, 3.05) is 13.7 Å². The zero-order valence-electron chi connectivity index (χ0n) is 17.7.